The first-order valence-electron chi connectivity index (χ1n) is 13.3. The van der Waals surface area contributed by atoms with Gasteiger partial charge in [-0.25, -0.2) is 4.79 Å². The Morgan fingerprint density at radius 1 is 0.952 bits per heavy atom. The highest BCUT2D eigenvalue weighted by Gasteiger charge is 2.49. The summed E-state index contributed by atoms with van der Waals surface area (Å²) in [6.45, 7) is 2.90. The molecule has 3 aromatic rings. The van der Waals surface area contributed by atoms with Gasteiger partial charge in [-0.05, 0) is 17.0 Å². The first-order valence-corrected chi connectivity index (χ1v) is 14.2. The van der Waals surface area contributed by atoms with E-state index in [-0.39, 0.29) is 23.7 Å². The molecule has 6 rings (SSSR count). The third kappa shape index (κ3) is 7.83. The average Bonchev–Trinajstić information content (AvgIpc) is 3.52. The van der Waals surface area contributed by atoms with Crippen molar-refractivity contribution in [2.45, 2.75) is 31.2 Å². The van der Waals surface area contributed by atoms with Gasteiger partial charge < -0.3 is 24.4 Å². The largest absolute Gasteiger partial charge is 0.542 e. The topological polar surface area (TPSA) is 113 Å². The van der Waals surface area contributed by atoms with Crippen LogP contribution in [-0.2, 0) is 14.3 Å². The summed E-state index contributed by atoms with van der Waals surface area (Å²) in [4.78, 5) is 48.5. The van der Waals surface area contributed by atoms with Gasteiger partial charge in [0.2, 0.25) is 5.78 Å². The van der Waals surface area contributed by atoms with Crippen LogP contribution in [0.5, 0.6) is 0 Å². The highest BCUT2D eigenvalue weighted by Crippen LogP contribution is 2.36. The van der Waals surface area contributed by atoms with Gasteiger partial charge in [0.15, 0.2) is 12.1 Å². The molecule has 3 fully saturated rings. The first-order chi connectivity index (χ1) is 20.0. The Labute approximate surface area is 244 Å². The number of carboxylic acids is 1. The average molecular weight is 603 g/mol. The number of carbonyl (C=O) groups is 4. The van der Waals surface area contributed by atoms with E-state index in [9.17, 15) is 27.6 Å². The summed E-state index contributed by atoms with van der Waals surface area (Å²) in [5, 5.41) is 13.5. The summed E-state index contributed by atoms with van der Waals surface area (Å²) >= 11 is 1.33. The van der Waals surface area contributed by atoms with E-state index in [1.165, 1.54) is 11.3 Å². The number of esters is 1. The number of alkyl halides is 3. The quantitative estimate of drug-likeness (QED) is 0.240. The number of nitrogens with one attached hydrogen (secondary N) is 1. The number of quaternary nitrogens is 1. The summed E-state index contributed by atoms with van der Waals surface area (Å²) in [6, 6.07) is 21.2. The van der Waals surface area contributed by atoms with Crippen LogP contribution in [0.25, 0.3) is 0 Å². The molecule has 0 radical (unpaired) electrons. The number of carboxylic acid groups (broad SMARTS) is 1. The lowest BCUT2D eigenvalue weighted by molar-refractivity contribution is -0.938. The molecule has 3 aliphatic heterocycles. The monoisotopic (exact) mass is 602 g/mol. The zero-order valence-corrected chi connectivity index (χ0v) is 23.2. The maximum Gasteiger partial charge on any atom is 0.430 e. The Morgan fingerprint density at radius 2 is 1.55 bits per heavy atom. The van der Waals surface area contributed by atoms with Crippen LogP contribution in [-0.4, -0.2) is 66.6 Å². The number of thiophene rings is 1. The second kappa shape index (κ2) is 13.3. The number of carbonyl (C=O) groups excluding carboxylic acids is 4. The lowest BCUT2D eigenvalue weighted by atomic mass is 9.82. The molecule has 3 saturated heterocycles. The summed E-state index contributed by atoms with van der Waals surface area (Å²) in [5.41, 5.74) is 1.41. The first kappa shape index (κ1) is 30.9. The Hall–Kier alpha value is -4.03. The number of fused-ring (bicyclic) bond motifs is 3. The van der Waals surface area contributed by atoms with Crippen LogP contribution in [0.15, 0.2) is 78.2 Å². The summed E-state index contributed by atoms with van der Waals surface area (Å²) in [6.07, 6.45) is -3.60. The third-order valence-corrected chi connectivity index (χ3v) is 8.37. The molecule has 42 heavy (non-hydrogen) atoms. The highest BCUT2D eigenvalue weighted by molar-refractivity contribution is 7.12. The van der Waals surface area contributed by atoms with Gasteiger partial charge in [-0.2, -0.15) is 13.2 Å². The van der Waals surface area contributed by atoms with E-state index >= 15 is 0 Å². The number of rotatable bonds is 8. The summed E-state index contributed by atoms with van der Waals surface area (Å²) in [7, 11) is 0. The smallest absolute Gasteiger partial charge is 0.430 e. The standard InChI is InChI=1S/C28H28N2O4S.C2HF3O2/c31-23(20-8-3-1-4-9-20)18-30-15-13-21(14-16-30)24(19-30)34-28(33)26(22-10-5-2-6-11-22)29-27(32)25-12-7-17-35-25;3-2(4,5)1(6)7/h1-12,17,21,24,26H,13-16,18-19H2;(H,6,7)/t21?,24-,26?,30?;/m0./s1. The fraction of sp³-hybridized carbons (Fsp3) is 0.333. The van der Waals surface area contributed by atoms with Gasteiger partial charge in [0.05, 0.1) is 18.0 Å². The van der Waals surface area contributed by atoms with Crippen molar-refractivity contribution < 1.29 is 46.7 Å². The van der Waals surface area contributed by atoms with Crippen molar-refractivity contribution in [2.24, 2.45) is 5.92 Å². The lowest BCUT2D eigenvalue weighted by Gasteiger charge is -2.51. The number of Topliss-reactive ketones (excluding diaryl/α,β-unsaturated/α-hetero) is 1. The minimum absolute atomic E-state index is 0.126. The fourth-order valence-electron chi connectivity index (χ4n) is 5.35. The highest BCUT2D eigenvalue weighted by atomic mass is 32.1. The van der Waals surface area contributed by atoms with Gasteiger partial charge in [-0.15, -0.1) is 11.3 Å². The van der Waals surface area contributed by atoms with E-state index in [2.05, 4.69) is 5.32 Å². The fourth-order valence-corrected chi connectivity index (χ4v) is 5.97. The molecule has 1 N–H and O–H groups in total. The molecule has 0 saturated carbocycles. The van der Waals surface area contributed by atoms with Gasteiger partial charge in [0, 0.05) is 24.3 Å². The van der Waals surface area contributed by atoms with E-state index in [0.29, 0.717) is 28.0 Å². The molecule has 2 bridgehead atoms. The number of aliphatic carboxylic acids is 1. The van der Waals surface area contributed by atoms with Crippen LogP contribution < -0.4 is 10.4 Å². The molecule has 222 valence electrons. The van der Waals surface area contributed by atoms with Crippen molar-refractivity contribution in [1.82, 2.24) is 5.32 Å². The number of hydrogen-bond acceptors (Lipinski definition) is 7. The number of hydrogen-bond donors (Lipinski definition) is 1. The molecule has 4 heterocycles. The van der Waals surface area contributed by atoms with Crippen molar-refractivity contribution in [3.05, 3.63) is 94.2 Å². The number of halogens is 3. The SMILES string of the molecule is O=C(C[N+]12CCC(CC1)[C@@H](OC(=O)C(NC(=O)c1cccs1)c1ccccc1)C2)c1ccccc1.O=C([O-])C(F)(F)F. The molecular weight excluding hydrogens is 573 g/mol. The second-order valence-corrected chi connectivity index (χ2v) is 11.3. The normalized spacial score (nSPS) is 21.8. The third-order valence-electron chi connectivity index (χ3n) is 7.50. The number of ketones is 1. The maximum absolute atomic E-state index is 13.4. The van der Waals surface area contributed by atoms with Crippen molar-refractivity contribution in [3.8, 4) is 0 Å². The molecule has 8 nitrogen and oxygen atoms in total. The predicted octanol–water partition coefficient (Wildman–Crippen LogP) is 3.55. The van der Waals surface area contributed by atoms with E-state index in [1.54, 1.807) is 6.07 Å². The molecule has 3 aliphatic rings. The molecule has 12 heteroatoms. The molecule has 1 unspecified atom stereocenters. The lowest BCUT2D eigenvalue weighted by Crippen LogP contribution is -2.66. The summed E-state index contributed by atoms with van der Waals surface area (Å²) in [5.74, 6) is -3.34. The van der Waals surface area contributed by atoms with Crippen molar-refractivity contribution in [3.63, 3.8) is 0 Å². The molecule has 0 aliphatic carbocycles. The van der Waals surface area contributed by atoms with Crippen LogP contribution in [0.1, 0.15) is 44.5 Å². The number of ether oxygens (including phenoxy) is 1. The van der Waals surface area contributed by atoms with Gasteiger partial charge in [0.1, 0.15) is 19.1 Å². The molecule has 2 aromatic carbocycles. The minimum atomic E-state index is -5.19. The number of amides is 1. The number of piperidine rings is 3. The molecule has 2 atom stereocenters. The molecule has 1 amide bonds. The molecule has 1 aromatic heterocycles. The Morgan fingerprint density at radius 3 is 2.10 bits per heavy atom. The second-order valence-electron chi connectivity index (χ2n) is 10.3. The van der Waals surface area contributed by atoms with Gasteiger partial charge in [-0.1, -0.05) is 66.7 Å². The Kier molecular flexibility index (Phi) is 9.79. The number of nitrogens with zero attached hydrogens (tertiary/aromatic N) is 1. The van der Waals surface area contributed by atoms with Crippen LogP contribution in [0.4, 0.5) is 13.2 Å². The van der Waals surface area contributed by atoms with Crippen LogP contribution in [0, 0.1) is 5.92 Å². The zero-order valence-electron chi connectivity index (χ0n) is 22.4. The maximum atomic E-state index is 13.4. The molecule has 0 spiro atoms. The Balaban J connectivity index is 0.000000517. The van der Waals surface area contributed by atoms with E-state index < -0.39 is 24.2 Å². The van der Waals surface area contributed by atoms with Gasteiger partial charge in [-0.3, -0.25) is 9.59 Å². The predicted molar refractivity (Wildman–Crippen MR) is 145 cm³/mol. The van der Waals surface area contributed by atoms with Crippen molar-refractivity contribution in [2.75, 3.05) is 26.2 Å². The minimum Gasteiger partial charge on any atom is -0.542 e. The van der Waals surface area contributed by atoms with E-state index in [1.807, 2.05) is 72.1 Å². The Bertz CT molecular complexity index is 1380. The number of benzene rings is 2. The van der Waals surface area contributed by atoms with Crippen LogP contribution >= 0.6 is 11.3 Å². The summed E-state index contributed by atoms with van der Waals surface area (Å²) < 4.78 is 38.3. The zero-order chi connectivity index (χ0) is 30.3. The van der Waals surface area contributed by atoms with Gasteiger partial charge in [0.25, 0.3) is 5.91 Å². The van der Waals surface area contributed by atoms with Gasteiger partial charge >= 0.3 is 12.1 Å². The van der Waals surface area contributed by atoms with Crippen molar-refractivity contribution in [1.29, 1.82) is 0 Å². The van der Waals surface area contributed by atoms with Crippen LogP contribution in [0.2, 0.25) is 0 Å². The van der Waals surface area contributed by atoms with E-state index in [0.717, 1.165) is 31.5 Å². The van der Waals surface area contributed by atoms with E-state index in [4.69, 9.17) is 14.6 Å². The van der Waals surface area contributed by atoms with Crippen LogP contribution in [0.3, 0.4) is 0 Å². The van der Waals surface area contributed by atoms with Crippen molar-refractivity contribution >= 4 is 35.0 Å². The molecular formula is C30H29F3N2O6S.